The van der Waals surface area contributed by atoms with E-state index in [1.165, 1.54) is 7.11 Å². The van der Waals surface area contributed by atoms with Gasteiger partial charge in [0.25, 0.3) is 5.16 Å². The molecule has 212 valence electrons. The molecule has 2 heterocycles. The Morgan fingerprint density at radius 3 is 2.11 bits per heavy atom. The highest BCUT2D eigenvalue weighted by Gasteiger charge is 2.62. The minimum absolute atomic E-state index is 0.0784. The summed E-state index contributed by atoms with van der Waals surface area (Å²) in [5.74, 6) is 0.736. The fraction of sp³-hybridized carbons (Fsp3) is 0.0556. The number of methoxy groups -OCH3 is 1. The van der Waals surface area contributed by atoms with Crippen molar-refractivity contribution < 1.29 is 23.4 Å². The summed E-state index contributed by atoms with van der Waals surface area (Å²) in [7, 11) is -1.27. The maximum Gasteiger partial charge on any atom is 0.580 e. The van der Waals surface area contributed by atoms with E-state index in [0.717, 1.165) is 38.2 Å². The van der Waals surface area contributed by atoms with Crippen LogP contribution in [0.3, 0.4) is 0 Å². The zero-order valence-corrected chi connectivity index (χ0v) is 24.4. The molecule has 0 aliphatic carbocycles. The third kappa shape index (κ3) is 3.90. The standard InChI is InChI=1S/C36H23N2O5P/c1-41-34(39)25-17-18-30-31(21-25)38-35(37-30)43-44(40)36(28-12-4-6-15-32(28)42-33-16-7-5-13-29(33)36)27-14-8-11-24-19-22-9-2-3-10-23(22)20-26(24)27/h2-21H,1H3/p+1. The Morgan fingerprint density at radius 1 is 0.750 bits per heavy atom. The average molecular weight is 596 g/mol. The van der Waals surface area contributed by atoms with Crippen LogP contribution >= 0.6 is 8.03 Å². The Morgan fingerprint density at radius 2 is 1.39 bits per heavy atom. The van der Waals surface area contributed by atoms with Gasteiger partial charge in [-0.1, -0.05) is 66.7 Å². The van der Waals surface area contributed by atoms with Crippen LogP contribution in [-0.2, 0) is 14.5 Å². The number of aromatic amines is 1. The number of rotatable bonds is 5. The Kier molecular flexibility index (Phi) is 5.96. The fourth-order valence-electron chi connectivity index (χ4n) is 6.26. The summed E-state index contributed by atoms with van der Waals surface area (Å²) in [6.07, 6.45) is 0. The van der Waals surface area contributed by atoms with Crippen LogP contribution in [0.4, 0.5) is 0 Å². The number of nitrogens with zero attached hydrogens (tertiary/aromatic N) is 1. The summed E-state index contributed by atoms with van der Waals surface area (Å²) in [5.41, 5.74) is 3.77. The van der Waals surface area contributed by atoms with Crippen LogP contribution in [0.2, 0.25) is 0 Å². The normalized spacial score (nSPS) is 13.6. The van der Waals surface area contributed by atoms with Gasteiger partial charge in [0.2, 0.25) is 0 Å². The number of hydrogen-bond acceptors (Lipinski definition) is 6. The summed E-state index contributed by atoms with van der Waals surface area (Å²) in [6.45, 7) is 0. The minimum atomic E-state index is -2.60. The van der Waals surface area contributed by atoms with E-state index in [9.17, 15) is 4.79 Å². The van der Waals surface area contributed by atoms with Crippen molar-refractivity contribution in [3.8, 4) is 17.5 Å². The predicted octanol–water partition coefficient (Wildman–Crippen LogP) is 8.87. The van der Waals surface area contributed by atoms with E-state index in [1.54, 1.807) is 18.2 Å². The molecule has 0 saturated carbocycles. The molecule has 8 rings (SSSR count). The van der Waals surface area contributed by atoms with E-state index in [2.05, 4.69) is 40.3 Å². The lowest BCUT2D eigenvalue weighted by atomic mass is 9.79. The second-order valence-corrected chi connectivity index (χ2v) is 12.0. The number of imidazole rings is 1. The average Bonchev–Trinajstić information content (AvgIpc) is 3.47. The van der Waals surface area contributed by atoms with Crippen molar-refractivity contribution in [2.75, 3.05) is 7.11 Å². The third-order valence-electron chi connectivity index (χ3n) is 8.23. The van der Waals surface area contributed by atoms with Gasteiger partial charge >= 0.3 is 20.0 Å². The summed E-state index contributed by atoms with van der Waals surface area (Å²) in [6, 6.07) is 39.0. The van der Waals surface area contributed by atoms with Crippen molar-refractivity contribution in [1.82, 2.24) is 9.97 Å². The Hall–Kier alpha value is -5.52. The second-order valence-electron chi connectivity index (χ2n) is 10.6. The molecule has 8 heteroatoms. The number of fused-ring (bicyclic) bond motifs is 5. The van der Waals surface area contributed by atoms with Gasteiger partial charge in [0.15, 0.2) is 0 Å². The Labute approximate surface area is 252 Å². The van der Waals surface area contributed by atoms with Crippen LogP contribution < -0.4 is 9.26 Å². The van der Waals surface area contributed by atoms with Crippen molar-refractivity contribution in [1.29, 1.82) is 0 Å². The molecule has 1 aliphatic rings. The fourth-order valence-corrected chi connectivity index (χ4v) is 7.80. The van der Waals surface area contributed by atoms with Crippen molar-refractivity contribution >= 4 is 46.6 Å². The van der Waals surface area contributed by atoms with Crippen LogP contribution in [-0.4, -0.2) is 23.0 Å². The summed E-state index contributed by atoms with van der Waals surface area (Å²) >= 11 is 0. The molecule has 1 atom stereocenters. The smallest absolute Gasteiger partial charge is 0.465 e. The minimum Gasteiger partial charge on any atom is -0.465 e. The third-order valence-corrected chi connectivity index (χ3v) is 9.84. The van der Waals surface area contributed by atoms with Crippen molar-refractivity contribution in [2.24, 2.45) is 0 Å². The van der Waals surface area contributed by atoms with Crippen LogP contribution in [0.15, 0.2) is 121 Å². The maximum absolute atomic E-state index is 15.2. The predicted molar refractivity (Wildman–Crippen MR) is 170 cm³/mol. The second kappa shape index (κ2) is 10.0. The zero-order valence-electron chi connectivity index (χ0n) is 23.5. The van der Waals surface area contributed by atoms with Crippen molar-refractivity contribution in [3.63, 3.8) is 0 Å². The van der Waals surface area contributed by atoms with E-state index in [0.29, 0.717) is 28.1 Å². The number of ether oxygens (including phenoxy) is 2. The van der Waals surface area contributed by atoms with Crippen LogP contribution in [0.5, 0.6) is 17.5 Å². The summed E-state index contributed by atoms with van der Waals surface area (Å²) < 4.78 is 32.7. The highest BCUT2D eigenvalue weighted by atomic mass is 31.1. The Balaban J connectivity index is 1.39. The topological polar surface area (TPSA) is 90.5 Å². The van der Waals surface area contributed by atoms with Crippen molar-refractivity contribution in [3.05, 3.63) is 144 Å². The van der Waals surface area contributed by atoms with Gasteiger partial charge in [-0.3, -0.25) is 0 Å². The first-order valence-electron chi connectivity index (χ1n) is 14.1. The number of benzene rings is 6. The molecule has 7 nitrogen and oxygen atoms in total. The SMILES string of the molecule is COC(=O)c1ccc2nc(O[P+](=O)C3(c4cccc5cc6ccccc6cc45)c4ccccc4Oc4ccccc43)[nH]c2c1. The zero-order chi connectivity index (χ0) is 29.8. The first kappa shape index (κ1) is 26.1. The lowest BCUT2D eigenvalue weighted by molar-refractivity contribution is 0.0601. The lowest BCUT2D eigenvalue weighted by Crippen LogP contribution is -2.31. The number of nitrogens with one attached hydrogen (secondary N) is 1. The van der Waals surface area contributed by atoms with Gasteiger partial charge in [-0.2, -0.15) is 4.98 Å². The van der Waals surface area contributed by atoms with Gasteiger partial charge in [0.1, 0.15) is 11.5 Å². The number of carbonyl (C=O) groups excluding carboxylic acids is 1. The molecule has 7 aromatic rings. The lowest BCUT2D eigenvalue weighted by Gasteiger charge is -2.32. The number of aromatic nitrogens is 2. The molecule has 1 aliphatic heterocycles. The maximum atomic E-state index is 15.2. The molecule has 0 fully saturated rings. The molecular formula is C36H24N2O5P+. The highest BCUT2D eigenvalue weighted by molar-refractivity contribution is 7.42. The summed E-state index contributed by atoms with van der Waals surface area (Å²) in [4.78, 5) is 19.8. The molecule has 0 radical (unpaired) electrons. The van der Waals surface area contributed by atoms with Crippen LogP contribution in [0.25, 0.3) is 32.6 Å². The number of H-pyrrole nitrogens is 1. The van der Waals surface area contributed by atoms with E-state index in [4.69, 9.17) is 14.0 Å². The van der Waals surface area contributed by atoms with Gasteiger partial charge in [0, 0.05) is 5.56 Å². The molecule has 44 heavy (non-hydrogen) atoms. The van der Waals surface area contributed by atoms with Gasteiger partial charge < -0.3 is 14.5 Å². The quantitative estimate of drug-likeness (QED) is 0.121. The van der Waals surface area contributed by atoms with E-state index < -0.39 is 19.2 Å². The highest BCUT2D eigenvalue weighted by Crippen LogP contribution is 2.64. The van der Waals surface area contributed by atoms with Gasteiger partial charge in [-0.05, 0) is 80.7 Å². The molecule has 6 aromatic carbocycles. The van der Waals surface area contributed by atoms with Crippen molar-refractivity contribution in [2.45, 2.75) is 5.16 Å². The van der Waals surface area contributed by atoms with E-state index in [1.807, 2.05) is 72.8 Å². The molecular weight excluding hydrogens is 571 g/mol. The largest absolute Gasteiger partial charge is 0.580 e. The van der Waals surface area contributed by atoms with Gasteiger partial charge in [-0.25, -0.2) is 9.32 Å². The molecule has 0 amide bonds. The molecule has 1 aromatic heterocycles. The number of esters is 1. The first-order chi connectivity index (χ1) is 21.6. The van der Waals surface area contributed by atoms with E-state index >= 15 is 4.57 Å². The molecule has 1 N–H and O–H groups in total. The van der Waals surface area contributed by atoms with Gasteiger partial charge in [0.05, 0.1) is 34.8 Å². The Bertz CT molecular complexity index is 2250. The molecule has 0 spiro atoms. The molecule has 0 bridgehead atoms. The number of para-hydroxylation sites is 2. The monoisotopic (exact) mass is 595 g/mol. The molecule has 1 unspecified atom stereocenters. The van der Waals surface area contributed by atoms with Crippen LogP contribution in [0.1, 0.15) is 27.0 Å². The summed E-state index contributed by atoms with van der Waals surface area (Å²) in [5, 5.41) is 2.90. The molecule has 0 saturated heterocycles. The van der Waals surface area contributed by atoms with Crippen LogP contribution in [0, 0.1) is 0 Å². The number of carbonyl (C=O) groups is 1. The van der Waals surface area contributed by atoms with E-state index in [-0.39, 0.29) is 6.01 Å². The first-order valence-corrected chi connectivity index (χ1v) is 15.3. The van der Waals surface area contributed by atoms with Gasteiger partial charge in [-0.15, -0.1) is 0 Å². The number of hydrogen-bond donors (Lipinski definition) is 1.